The van der Waals surface area contributed by atoms with Gasteiger partial charge in [0, 0.05) is 18.2 Å². The highest BCUT2D eigenvalue weighted by atomic mass is 16.5. The van der Waals surface area contributed by atoms with Crippen LogP contribution in [0.5, 0.6) is 5.75 Å². The second kappa shape index (κ2) is 11.0. The summed E-state index contributed by atoms with van der Waals surface area (Å²) in [4.78, 5) is 20.9. The van der Waals surface area contributed by atoms with E-state index < -0.39 is 0 Å². The van der Waals surface area contributed by atoms with Gasteiger partial charge in [-0.15, -0.1) is 0 Å². The van der Waals surface area contributed by atoms with E-state index in [1.54, 1.807) is 30.0 Å². The van der Waals surface area contributed by atoms with E-state index in [1.807, 2.05) is 30.7 Å². The molecule has 10 heteroatoms. The Morgan fingerprint density at radius 1 is 1.14 bits per heavy atom. The van der Waals surface area contributed by atoms with Gasteiger partial charge in [0.2, 0.25) is 0 Å². The van der Waals surface area contributed by atoms with Crippen molar-refractivity contribution in [3.63, 3.8) is 0 Å². The van der Waals surface area contributed by atoms with Gasteiger partial charge in [0.15, 0.2) is 23.2 Å². The highest BCUT2D eigenvalue weighted by Gasteiger charge is 2.22. The van der Waals surface area contributed by atoms with Crippen LogP contribution in [0.1, 0.15) is 60.4 Å². The summed E-state index contributed by atoms with van der Waals surface area (Å²) in [6, 6.07) is 11.2. The predicted molar refractivity (Wildman–Crippen MR) is 140 cm³/mol. The van der Waals surface area contributed by atoms with Gasteiger partial charge in [-0.3, -0.25) is 4.79 Å². The van der Waals surface area contributed by atoms with E-state index in [2.05, 4.69) is 33.4 Å². The Labute approximate surface area is 215 Å². The zero-order valence-electron chi connectivity index (χ0n) is 21.7. The van der Waals surface area contributed by atoms with E-state index in [0.717, 1.165) is 30.5 Å². The van der Waals surface area contributed by atoms with Gasteiger partial charge in [-0.2, -0.15) is 15.5 Å². The number of ether oxygens (including phenoxy) is 1. The van der Waals surface area contributed by atoms with Gasteiger partial charge in [0.1, 0.15) is 17.8 Å². The summed E-state index contributed by atoms with van der Waals surface area (Å²) >= 11 is 0. The van der Waals surface area contributed by atoms with Crippen LogP contribution in [0, 0.1) is 25.2 Å². The lowest BCUT2D eigenvalue weighted by Gasteiger charge is -2.12. The van der Waals surface area contributed by atoms with E-state index >= 15 is 0 Å². The molecule has 0 radical (unpaired) electrons. The van der Waals surface area contributed by atoms with Crippen LogP contribution in [0.4, 0.5) is 11.6 Å². The van der Waals surface area contributed by atoms with Crippen molar-refractivity contribution in [3.8, 4) is 28.9 Å². The Bertz CT molecular complexity index is 1460. The van der Waals surface area contributed by atoms with Gasteiger partial charge in [-0.05, 0) is 39.3 Å². The van der Waals surface area contributed by atoms with Gasteiger partial charge in [0.25, 0.3) is 0 Å². The number of hydrogen-bond acceptors (Lipinski definition) is 8. The summed E-state index contributed by atoms with van der Waals surface area (Å²) in [6.07, 6.45) is 4.57. The summed E-state index contributed by atoms with van der Waals surface area (Å²) < 4.78 is 9.36. The monoisotopic (exact) mass is 498 g/mol. The maximum atomic E-state index is 12.1. The summed E-state index contributed by atoms with van der Waals surface area (Å²) in [6.45, 7) is 8.04. The predicted octanol–water partition coefficient (Wildman–Crippen LogP) is 5.16. The van der Waals surface area contributed by atoms with Crippen LogP contribution in [0.3, 0.4) is 0 Å². The average molecular weight is 499 g/mol. The smallest absolute Gasteiger partial charge is 0.189 e. The molecule has 37 heavy (non-hydrogen) atoms. The molecule has 4 rings (SSSR count). The lowest BCUT2D eigenvalue weighted by atomic mass is 10.1. The van der Waals surface area contributed by atoms with Crippen molar-refractivity contribution in [2.24, 2.45) is 0 Å². The molecule has 0 fully saturated rings. The lowest BCUT2D eigenvalue weighted by molar-refractivity contribution is 0.101. The largest absolute Gasteiger partial charge is 0.491 e. The van der Waals surface area contributed by atoms with E-state index in [1.165, 1.54) is 13.3 Å². The molecule has 0 aliphatic heterocycles. The second-order valence-electron chi connectivity index (χ2n) is 8.75. The van der Waals surface area contributed by atoms with E-state index in [-0.39, 0.29) is 5.78 Å². The number of Topliss-reactive ketones (excluding diaryl/α,β-unsaturated/α-hetero) is 1. The van der Waals surface area contributed by atoms with Crippen molar-refractivity contribution in [2.75, 3.05) is 12.4 Å². The molecule has 190 valence electrons. The van der Waals surface area contributed by atoms with Crippen molar-refractivity contribution in [1.29, 1.82) is 5.26 Å². The molecule has 0 spiro atoms. The van der Waals surface area contributed by atoms with Gasteiger partial charge in [0.05, 0.1) is 35.7 Å². The molecule has 4 aromatic rings. The Balaban J connectivity index is 1.75. The third kappa shape index (κ3) is 5.21. The number of carbonyl (C=O) groups is 1. The fourth-order valence-electron chi connectivity index (χ4n) is 4.35. The van der Waals surface area contributed by atoms with Gasteiger partial charge in [-0.25, -0.2) is 19.3 Å². The number of carbonyl (C=O) groups excluding carboxylic acids is 1. The van der Waals surface area contributed by atoms with Crippen LogP contribution in [0.15, 0.2) is 36.7 Å². The SMILES string of the molecule is CCCCCn1nc(-c2ccc(C#N)cc2)c(OC)c1Nc1cc(-n2nc(C)c(C(C)=O)c2C)ncn1. The third-order valence-corrected chi connectivity index (χ3v) is 6.13. The first-order valence-electron chi connectivity index (χ1n) is 12.2. The number of hydrogen-bond donors (Lipinski definition) is 1. The first kappa shape index (κ1) is 25.6. The minimum Gasteiger partial charge on any atom is -0.491 e. The molecule has 0 aliphatic carbocycles. The van der Waals surface area contributed by atoms with Crippen molar-refractivity contribution in [3.05, 3.63) is 59.2 Å². The highest BCUT2D eigenvalue weighted by molar-refractivity contribution is 5.96. The molecule has 0 aliphatic rings. The Kier molecular flexibility index (Phi) is 7.63. The number of aromatic nitrogens is 6. The first-order chi connectivity index (χ1) is 17.9. The van der Waals surface area contributed by atoms with E-state index in [4.69, 9.17) is 15.1 Å². The van der Waals surface area contributed by atoms with E-state index in [9.17, 15) is 4.79 Å². The van der Waals surface area contributed by atoms with Crippen LogP contribution >= 0.6 is 0 Å². The van der Waals surface area contributed by atoms with Crippen LogP contribution in [0.25, 0.3) is 17.1 Å². The molecule has 0 bridgehead atoms. The Morgan fingerprint density at radius 3 is 2.51 bits per heavy atom. The fraction of sp³-hybridized carbons (Fsp3) is 0.333. The molecule has 3 heterocycles. The molecular formula is C27H30N8O2. The van der Waals surface area contributed by atoms with Gasteiger partial charge in [-0.1, -0.05) is 31.9 Å². The quantitative estimate of drug-likeness (QED) is 0.235. The first-order valence-corrected chi connectivity index (χ1v) is 12.2. The molecule has 3 aromatic heterocycles. The van der Waals surface area contributed by atoms with Crippen LogP contribution < -0.4 is 10.1 Å². The van der Waals surface area contributed by atoms with Crippen LogP contribution in [-0.2, 0) is 6.54 Å². The zero-order chi connectivity index (χ0) is 26.5. The number of nitrogens with zero attached hydrogens (tertiary/aromatic N) is 7. The molecule has 1 N–H and O–H groups in total. The molecular weight excluding hydrogens is 468 g/mol. The Morgan fingerprint density at radius 2 is 1.89 bits per heavy atom. The number of rotatable bonds is 10. The zero-order valence-corrected chi connectivity index (χ0v) is 21.7. The Hall–Kier alpha value is -4.52. The van der Waals surface area contributed by atoms with Crippen LogP contribution in [-0.4, -0.2) is 42.4 Å². The number of methoxy groups -OCH3 is 1. The summed E-state index contributed by atoms with van der Waals surface area (Å²) in [5.41, 5.74) is 4.06. The molecule has 0 amide bonds. The van der Waals surface area contributed by atoms with Crippen molar-refractivity contribution in [2.45, 2.75) is 53.5 Å². The number of benzene rings is 1. The molecule has 0 unspecified atom stereocenters. The number of nitriles is 1. The summed E-state index contributed by atoms with van der Waals surface area (Å²) in [5, 5.41) is 21.9. The van der Waals surface area contributed by atoms with Gasteiger partial charge >= 0.3 is 0 Å². The molecule has 1 aromatic carbocycles. The number of nitrogens with one attached hydrogen (secondary N) is 1. The normalized spacial score (nSPS) is 10.8. The topological polar surface area (TPSA) is 124 Å². The maximum absolute atomic E-state index is 12.1. The van der Waals surface area contributed by atoms with Crippen molar-refractivity contribution in [1.82, 2.24) is 29.5 Å². The number of ketones is 1. The number of unbranched alkanes of at least 4 members (excludes halogenated alkanes) is 2. The van der Waals surface area contributed by atoms with Crippen molar-refractivity contribution >= 4 is 17.4 Å². The highest BCUT2D eigenvalue weighted by Crippen LogP contribution is 2.38. The minimum absolute atomic E-state index is 0.0373. The molecule has 10 nitrogen and oxygen atoms in total. The standard InChI is InChI=1S/C27H30N8O2/c1-6-7-8-13-34-27(26(37-5)25(33-34)21-11-9-20(15-28)10-12-21)31-22-14-23(30-16-29-22)35-18(3)24(19(4)36)17(2)32-35/h9-12,14,16H,6-8,13H2,1-5H3,(H,29,30,31). The molecule has 0 saturated heterocycles. The lowest BCUT2D eigenvalue weighted by Crippen LogP contribution is -2.08. The van der Waals surface area contributed by atoms with Gasteiger partial charge < -0.3 is 10.1 Å². The minimum atomic E-state index is -0.0373. The number of anilines is 2. The number of aryl methyl sites for hydroxylation is 2. The third-order valence-electron chi connectivity index (χ3n) is 6.13. The maximum Gasteiger partial charge on any atom is 0.189 e. The summed E-state index contributed by atoms with van der Waals surface area (Å²) in [5.74, 6) is 2.27. The molecule has 0 atom stereocenters. The second-order valence-corrected chi connectivity index (χ2v) is 8.75. The van der Waals surface area contributed by atoms with E-state index in [0.29, 0.717) is 52.3 Å². The average Bonchev–Trinajstić information content (AvgIpc) is 3.40. The van der Waals surface area contributed by atoms with Crippen molar-refractivity contribution < 1.29 is 9.53 Å². The fourth-order valence-corrected chi connectivity index (χ4v) is 4.35. The molecule has 0 saturated carbocycles. The van der Waals surface area contributed by atoms with Crippen LogP contribution in [0.2, 0.25) is 0 Å². The summed E-state index contributed by atoms with van der Waals surface area (Å²) in [7, 11) is 1.61.